The lowest BCUT2D eigenvalue weighted by molar-refractivity contribution is -0.140. The van der Waals surface area contributed by atoms with Gasteiger partial charge in [0.15, 0.2) is 0 Å². The van der Waals surface area contributed by atoms with Gasteiger partial charge in [0, 0.05) is 0 Å². The van der Waals surface area contributed by atoms with Gasteiger partial charge in [0.1, 0.15) is 0 Å². The second-order valence-electron chi connectivity index (χ2n) is 4.14. The molecule has 12 heavy (non-hydrogen) atoms. The van der Waals surface area contributed by atoms with Crippen LogP contribution in [-0.2, 0) is 4.74 Å². The highest BCUT2D eigenvalue weighted by molar-refractivity contribution is 4.83. The van der Waals surface area contributed by atoms with Crippen LogP contribution < -0.4 is 0 Å². The van der Waals surface area contributed by atoms with E-state index in [1.165, 1.54) is 0 Å². The highest BCUT2D eigenvalue weighted by Gasteiger charge is 2.36. The van der Waals surface area contributed by atoms with Gasteiger partial charge in [-0.25, -0.2) is 0 Å². The number of aliphatic hydroxyl groups is 1. The Morgan fingerprint density at radius 2 is 1.58 bits per heavy atom. The van der Waals surface area contributed by atoms with Crippen LogP contribution in [-0.4, -0.2) is 23.9 Å². The van der Waals surface area contributed by atoms with Crippen molar-refractivity contribution in [2.24, 2.45) is 17.8 Å². The van der Waals surface area contributed by atoms with E-state index in [2.05, 4.69) is 27.7 Å². The van der Waals surface area contributed by atoms with E-state index in [-0.39, 0.29) is 18.8 Å². The van der Waals surface area contributed by atoms with Gasteiger partial charge in [-0.2, -0.15) is 0 Å². The van der Waals surface area contributed by atoms with Crippen LogP contribution in [0.15, 0.2) is 0 Å². The summed E-state index contributed by atoms with van der Waals surface area (Å²) in [6, 6.07) is 0. The number of hydrogen-bond donors (Lipinski definition) is 1. The number of ether oxygens (including phenoxy) is 1. The van der Waals surface area contributed by atoms with Crippen molar-refractivity contribution in [3.63, 3.8) is 0 Å². The van der Waals surface area contributed by atoms with E-state index >= 15 is 0 Å². The third-order valence-electron chi connectivity index (χ3n) is 3.55. The minimum atomic E-state index is 0.0474. The van der Waals surface area contributed by atoms with Gasteiger partial charge in [0.05, 0.1) is 18.8 Å². The third kappa shape index (κ3) is 1.64. The second-order valence-corrected chi connectivity index (χ2v) is 4.14. The molecule has 0 spiro atoms. The fourth-order valence-corrected chi connectivity index (χ4v) is 1.98. The Labute approximate surface area is 74.9 Å². The van der Waals surface area contributed by atoms with Crippen LogP contribution >= 0.6 is 0 Å². The van der Waals surface area contributed by atoms with E-state index in [4.69, 9.17) is 9.84 Å². The minimum absolute atomic E-state index is 0.0474. The number of rotatable bonds is 1. The van der Waals surface area contributed by atoms with Crippen molar-refractivity contribution in [2.45, 2.75) is 39.9 Å². The van der Waals surface area contributed by atoms with Gasteiger partial charge in [-0.05, 0) is 24.7 Å². The molecule has 2 heteroatoms. The molecule has 1 rings (SSSR count). The first-order chi connectivity index (χ1) is 5.57. The van der Waals surface area contributed by atoms with Crippen molar-refractivity contribution in [1.29, 1.82) is 0 Å². The quantitative estimate of drug-likeness (QED) is 0.652. The maximum atomic E-state index is 9.06. The van der Waals surface area contributed by atoms with E-state index in [0.717, 1.165) is 0 Å². The van der Waals surface area contributed by atoms with Crippen LogP contribution in [0.25, 0.3) is 0 Å². The van der Waals surface area contributed by atoms with Crippen molar-refractivity contribution >= 4 is 0 Å². The van der Waals surface area contributed by atoms with Gasteiger partial charge in [-0.15, -0.1) is 0 Å². The van der Waals surface area contributed by atoms with Crippen LogP contribution in [0.4, 0.5) is 0 Å². The maximum absolute atomic E-state index is 9.06. The SMILES string of the molecule is CC1[C@@H](C)[C@H](C)C(CO)O[C@@H]1C. The van der Waals surface area contributed by atoms with Gasteiger partial charge in [-0.1, -0.05) is 20.8 Å². The predicted octanol–water partition coefficient (Wildman–Crippen LogP) is 1.67. The summed E-state index contributed by atoms with van der Waals surface area (Å²) in [5.74, 6) is 1.72. The summed E-state index contributed by atoms with van der Waals surface area (Å²) in [5.41, 5.74) is 0. The fourth-order valence-electron chi connectivity index (χ4n) is 1.98. The zero-order chi connectivity index (χ0) is 9.30. The lowest BCUT2D eigenvalue weighted by Crippen LogP contribution is -2.44. The number of hydrogen-bond acceptors (Lipinski definition) is 2. The number of aliphatic hydroxyl groups excluding tert-OH is 1. The Balaban J connectivity index is 2.63. The molecule has 1 saturated heterocycles. The highest BCUT2D eigenvalue weighted by Crippen LogP contribution is 2.34. The maximum Gasteiger partial charge on any atom is 0.0837 e. The van der Waals surface area contributed by atoms with Gasteiger partial charge in [-0.3, -0.25) is 0 Å². The molecule has 72 valence electrons. The fraction of sp³-hybridized carbons (Fsp3) is 1.00. The van der Waals surface area contributed by atoms with E-state index in [1.807, 2.05) is 0 Å². The summed E-state index contributed by atoms with van der Waals surface area (Å²) in [7, 11) is 0. The molecule has 0 saturated carbocycles. The molecule has 0 radical (unpaired) electrons. The summed E-state index contributed by atoms with van der Waals surface area (Å²) in [6.07, 6.45) is 0.333. The molecule has 1 aliphatic heterocycles. The molecule has 0 bridgehead atoms. The standard InChI is InChI=1S/C10H20O2/c1-6-7(2)9(4)12-10(5-11)8(6)3/h6-11H,5H2,1-4H3/t6-,7?,8+,9-,10?/m1/s1. The lowest BCUT2D eigenvalue weighted by atomic mass is 9.77. The highest BCUT2D eigenvalue weighted by atomic mass is 16.5. The van der Waals surface area contributed by atoms with E-state index in [9.17, 15) is 0 Å². The van der Waals surface area contributed by atoms with E-state index in [0.29, 0.717) is 17.8 Å². The van der Waals surface area contributed by atoms with Crippen molar-refractivity contribution in [1.82, 2.24) is 0 Å². The van der Waals surface area contributed by atoms with Crippen molar-refractivity contribution in [3.05, 3.63) is 0 Å². The molecule has 1 heterocycles. The van der Waals surface area contributed by atoms with Gasteiger partial charge < -0.3 is 9.84 Å². The van der Waals surface area contributed by atoms with Crippen LogP contribution in [0, 0.1) is 17.8 Å². The second kappa shape index (κ2) is 3.75. The van der Waals surface area contributed by atoms with Gasteiger partial charge in [0.2, 0.25) is 0 Å². The van der Waals surface area contributed by atoms with Crippen molar-refractivity contribution in [3.8, 4) is 0 Å². The Morgan fingerprint density at radius 1 is 1.00 bits per heavy atom. The average molecular weight is 172 g/mol. The molecule has 2 nitrogen and oxygen atoms in total. The Kier molecular flexibility index (Phi) is 3.13. The smallest absolute Gasteiger partial charge is 0.0837 e. The molecule has 1 N–H and O–H groups in total. The molecule has 0 aromatic heterocycles. The van der Waals surface area contributed by atoms with Crippen LogP contribution in [0.5, 0.6) is 0 Å². The molecule has 5 atom stereocenters. The monoisotopic (exact) mass is 172 g/mol. The molecule has 1 aliphatic rings. The largest absolute Gasteiger partial charge is 0.394 e. The Bertz CT molecular complexity index is 142. The lowest BCUT2D eigenvalue weighted by Gasteiger charge is -2.41. The van der Waals surface area contributed by atoms with E-state index in [1.54, 1.807) is 0 Å². The summed E-state index contributed by atoms with van der Waals surface area (Å²) < 4.78 is 5.68. The molecular formula is C10H20O2. The molecule has 1 fully saturated rings. The van der Waals surface area contributed by atoms with Crippen LogP contribution in [0.3, 0.4) is 0 Å². The Hall–Kier alpha value is -0.0800. The normalized spacial score (nSPS) is 49.2. The molecular weight excluding hydrogens is 152 g/mol. The first-order valence-electron chi connectivity index (χ1n) is 4.84. The molecule has 2 unspecified atom stereocenters. The van der Waals surface area contributed by atoms with E-state index < -0.39 is 0 Å². The topological polar surface area (TPSA) is 29.5 Å². The zero-order valence-electron chi connectivity index (χ0n) is 8.45. The van der Waals surface area contributed by atoms with Gasteiger partial charge >= 0.3 is 0 Å². The van der Waals surface area contributed by atoms with Crippen molar-refractivity contribution in [2.75, 3.05) is 6.61 Å². The average Bonchev–Trinajstić information content (AvgIpc) is 2.08. The summed E-state index contributed by atoms with van der Waals surface area (Å²) in [6.45, 7) is 8.88. The van der Waals surface area contributed by atoms with Crippen LogP contribution in [0.1, 0.15) is 27.7 Å². The minimum Gasteiger partial charge on any atom is -0.394 e. The molecule has 0 aromatic carbocycles. The first-order valence-corrected chi connectivity index (χ1v) is 4.84. The molecule has 0 aromatic rings. The van der Waals surface area contributed by atoms with Crippen LogP contribution in [0.2, 0.25) is 0 Å². The van der Waals surface area contributed by atoms with Gasteiger partial charge in [0.25, 0.3) is 0 Å². The third-order valence-corrected chi connectivity index (χ3v) is 3.55. The summed E-state index contributed by atoms with van der Waals surface area (Å²) in [4.78, 5) is 0. The Morgan fingerprint density at radius 3 is 2.08 bits per heavy atom. The summed E-state index contributed by atoms with van der Waals surface area (Å²) in [5, 5.41) is 9.06. The summed E-state index contributed by atoms with van der Waals surface area (Å²) >= 11 is 0. The zero-order valence-corrected chi connectivity index (χ0v) is 8.45. The van der Waals surface area contributed by atoms with Crippen molar-refractivity contribution < 1.29 is 9.84 Å². The molecule has 0 amide bonds. The molecule has 0 aliphatic carbocycles. The first kappa shape index (κ1) is 10.0. The predicted molar refractivity (Wildman–Crippen MR) is 48.9 cm³/mol.